The van der Waals surface area contributed by atoms with Gasteiger partial charge in [0.1, 0.15) is 18.3 Å². The summed E-state index contributed by atoms with van der Waals surface area (Å²) >= 11 is 0. The van der Waals surface area contributed by atoms with Crippen LogP contribution < -0.4 is 0 Å². The van der Waals surface area contributed by atoms with Crippen LogP contribution in [0.25, 0.3) is 0 Å². The molecule has 1 aromatic rings. The third-order valence-corrected chi connectivity index (χ3v) is 7.71. The summed E-state index contributed by atoms with van der Waals surface area (Å²) in [6, 6.07) is 0. The molecule has 0 aliphatic rings. The van der Waals surface area contributed by atoms with Gasteiger partial charge in [-0.25, -0.2) is 28.8 Å². The van der Waals surface area contributed by atoms with Crippen LogP contribution in [0.3, 0.4) is 0 Å². The molecular weight excluding hydrogens is 624 g/mol. The Kier molecular flexibility index (Phi) is 18.2. The number of hydrogen-bond acceptors (Lipinski definition) is 9. The van der Waals surface area contributed by atoms with Crippen molar-refractivity contribution in [2.24, 2.45) is 0 Å². The van der Waals surface area contributed by atoms with Gasteiger partial charge in [0.25, 0.3) is 0 Å². The monoisotopic (exact) mass is 672 g/mol. The van der Waals surface area contributed by atoms with E-state index in [1.165, 1.54) is 0 Å². The molecule has 264 valence electrons. The molecule has 0 aliphatic heterocycles. The first-order chi connectivity index (χ1) is 22.8. The van der Waals surface area contributed by atoms with Gasteiger partial charge in [0, 0.05) is 34.9 Å². The van der Waals surface area contributed by atoms with Gasteiger partial charge in [0.15, 0.2) is 0 Å². The Hall–Kier alpha value is -4.74. The molecule has 1 aromatic carbocycles. The molecule has 0 amide bonds. The van der Waals surface area contributed by atoms with Crippen molar-refractivity contribution in [1.82, 2.24) is 0 Å². The van der Waals surface area contributed by atoms with Gasteiger partial charge in [0.05, 0.1) is 16.7 Å². The summed E-state index contributed by atoms with van der Waals surface area (Å²) in [5.41, 5.74) is -3.93. The standard InChI is InChI=1S/C36H48O12/c1-7-13-16-19-22(46-25(37)10-4)28-29(23(20-17-14-8-2)47-26(38)11-5)32(35(42)43)33(36(44)45)30(31(28)34(40)41)24(21-18-15-9-3)48-27(39)12-6/h10-12,22-24H,4-9,13-21H2,1-3H3,(H,40,41)(H,42,43)(H,44,45). The first-order valence-corrected chi connectivity index (χ1v) is 16.3. The fourth-order valence-electron chi connectivity index (χ4n) is 5.57. The van der Waals surface area contributed by atoms with Gasteiger partial charge in [-0.05, 0) is 38.5 Å². The number of ether oxygens (including phenoxy) is 3. The lowest BCUT2D eigenvalue weighted by molar-refractivity contribution is -0.146. The second kappa shape index (κ2) is 21.2. The Morgan fingerprint density at radius 2 is 0.771 bits per heavy atom. The predicted octanol–water partition coefficient (Wildman–Crippen LogP) is 7.83. The summed E-state index contributed by atoms with van der Waals surface area (Å²) in [5.74, 6) is -8.22. The number of unbranched alkanes of at least 4 members (excludes halogenated alkanes) is 6. The van der Waals surface area contributed by atoms with Crippen molar-refractivity contribution in [3.05, 3.63) is 71.3 Å². The van der Waals surface area contributed by atoms with Gasteiger partial charge < -0.3 is 29.5 Å². The normalized spacial score (nSPS) is 12.6. The van der Waals surface area contributed by atoms with Crippen LogP contribution in [0.5, 0.6) is 0 Å². The number of aromatic carboxylic acids is 3. The van der Waals surface area contributed by atoms with Gasteiger partial charge in [-0.15, -0.1) is 0 Å². The molecule has 0 saturated heterocycles. The smallest absolute Gasteiger partial charge is 0.337 e. The van der Waals surface area contributed by atoms with E-state index >= 15 is 0 Å². The van der Waals surface area contributed by atoms with Crippen molar-refractivity contribution >= 4 is 35.8 Å². The highest BCUT2D eigenvalue weighted by atomic mass is 16.6. The van der Waals surface area contributed by atoms with E-state index in [0.717, 1.165) is 24.6 Å². The third kappa shape index (κ3) is 11.5. The number of carboxylic acid groups (broad SMARTS) is 3. The molecule has 0 bridgehead atoms. The molecular formula is C36H48O12. The van der Waals surface area contributed by atoms with Crippen LogP contribution in [0.1, 0.15) is 164 Å². The van der Waals surface area contributed by atoms with Crippen molar-refractivity contribution in [2.45, 2.75) is 116 Å². The Morgan fingerprint density at radius 1 is 0.500 bits per heavy atom. The number of benzene rings is 1. The molecule has 0 fully saturated rings. The van der Waals surface area contributed by atoms with E-state index in [1.54, 1.807) is 0 Å². The maximum atomic E-state index is 13.4. The van der Waals surface area contributed by atoms with Crippen LogP contribution >= 0.6 is 0 Å². The third-order valence-electron chi connectivity index (χ3n) is 7.71. The lowest BCUT2D eigenvalue weighted by atomic mass is 9.78. The highest BCUT2D eigenvalue weighted by molar-refractivity contribution is 6.08. The maximum absolute atomic E-state index is 13.4. The number of carboxylic acids is 3. The minimum atomic E-state index is -1.82. The Labute approximate surface area is 281 Å². The molecule has 1 rings (SSSR count). The highest BCUT2D eigenvalue weighted by Gasteiger charge is 2.42. The summed E-state index contributed by atoms with van der Waals surface area (Å²) < 4.78 is 16.9. The molecule has 3 N–H and O–H groups in total. The minimum absolute atomic E-state index is 0.00432. The molecule has 12 heteroatoms. The lowest BCUT2D eigenvalue weighted by Gasteiger charge is -2.32. The van der Waals surface area contributed by atoms with Crippen molar-refractivity contribution < 1.29 is 58.3 Å². The number of hydrogen-bond donors (Lipinski definition) is 3. The van der Waals surface area contributed by atoms with E-state index in [-0.39, 0.29) is 24.8 Å². The fourth-order valence-corrected chi connectivity index (χ4v) is 5.57. The van der Waals surface area contributed by atoms with Crippen molar-refractivity contribution in [1.29, 1.82) is 0 Å². The van der Waals surface area contributed by atoms with Crippen LogP contribution in [0.15, 0.2) is 38.0 Å². The summed E-state index contributed by atoms with van der Waals surface area (Å²) in [5, 5.41) is 32.2. The molecule has 3 unspecified atom stereocenters. The topological polar surface area (TPSA) is 191 Å². The zero-order chi connectivity index (χ0) is 36.4. The largest absolute Gasteiger partial charge is 0.478 e. The van der Waals surface area contributed by atoms with Crippen LogP contribution in [0.2, 0.25) is 0 Å². The number of esters is 3. The number of rotatable bonds is 24. The number of carbonyl (C=O) groups is 6. The Bertz CT molecular complexity index is 1360. The average molecular weight is 673 g/mol. The van der Waals surface area contributed by atoms with Gasteiger partial charge in [-0.2, -0.15) is 0 Å². The second-order valence-electron chi connectivity index (χ2n) is 11.2. The van der Waals surface area contributed by atoms with Crippen molar-refractivity contribution in [2.75, 3.05) is 0 Å². The average Bonchev–Trinajstić information content (AvgIpc) is 3.05. The molecule has 0 saturated carbocycles. The summed E-state index contributed by atoms with van der Waals surface area (Å²) in [6.45, 7) is 15.9. The van der Waals surface area contributed by atoms with E-state index in [0.29, 0.717) is 51.4 Å². The molecule has 0 spiro atoms. The van der Waals surface area contributed by atoms with Gasteiger partial charge in [0.2, 0.25) is 0 Å². The molecule has 0 aromatic heterocycles. The zero-order valence-electron chi connectivity index (χ0n) is 28.1. The molecule has 0 aliphatic carbocycles. The van der Waals surface area contributed by atoms with E-state index in [4.69, 9.17) is 14.2 Å². The molecule has 3 atom stereocenters. The number of carbonyl (C=O) groups excluding carboxylic acids is 3. The van der Waals surface area contributed by atoms with Crippen LogP contribution in [-0.2, 0) is 28.6 Å². The lowest BCUT2D eigenvalue weighted by Crippen LogP contribution is -2.29. The van der Waals surface area contributed by atoms with Crippen LogP contribution in [0.4, 0.5) is 0 Å². The minimum Gasteiger partial charge on any atom is -0.478 e. The molecule has 48 heavy (non-hydrogen) atoms. The quantitative estimate of drug-likeness (QED) is 0.0418. The summed E-state index contributed by atoms with van der Waals surface area (Å²) in [7, 11) is 0. The SMILES string of the molecule is C=CC(=O)OC(CCCCC)c1c(C(=O)O)c(C(=O)O)c(C(CCCCC)OC(=O)C=C)c(C(CCCCC)OC(=O)C=C)c1C(=O)O. The van der Waals surface area contributed by atoms with E-state index in [2.05, 4.69) is 19.7 Å². The van der Waals surface area contributed by atoms with Crippen LogP contribution in [-0.4, -0.2) is 51.1 Å². The Morgan fingerprint density at radius 3 is 1.04 bits per heavy atom. The fraction of sp³-hybridized carbons (Fsp3) is 0.500. The molecule has 0 radical (unpaired) electrons. The van der Waals surface area contributed by atoms with E-state index < -0.39 is 81.9 Å². The van der Waals surface area contributed by atoms with Gasteiger partial charge in [-0.3, -0.25) is 0 Å². The maximum Gasteiger partial charge on any atom is 0.337 e. The second-order valence-corrected chi connectivity index (χ2v) is 11.2. The Balaban J connectivity index is 4.76. The molecule has 0 heterocycles. The van der Waals surface area contributed by atoms with Crippen LogP contribution in [0, 0.1) is 0 Å². The van der Waals surface area contributed by atoms with Gasteiger partial charge >= 0.3 is 35.8 Å². The van der Waals surface area contributed by atoms with Gasteiger partial charge in [-0.1, -0.05) is 79.0 Å². The summed E-state index contributed by atoms with van der Waals surface area (Å²) in [6.07, 6.45) is 3.00. The predicted molar refractivity (Wildman–Crippen MR) is 177 cm³/mol. The summed E-state index contributed by atoms with van der Waals surface area (Å²) in [4.78, 5) is 77.7. The van der Waals surface area contributed by atoms with E-state index in [1.807, 2.05) is 20.8 Å². The highest BCUT2D eigenvalue weighted by Crippen LogP contribution is 2.45. The molecule has 12 nitrogen and oxygen atoms in total. The van der Waals surface area contributed by atoms with Crippen molar-refractivity contribution in [3.63, 3.8) is 0 Å². The first-order valence-electron chi connectivity index (χ1n) is 16.3. The van der Waals surface area contributed by atoms with Crippen molar-refractivity contribution in [3.8, 4) is 0 Å². The first kappa shape index (κ1) is 41.3. The zero-order valence-corrected chi connectivity index (χ0v) is 28.1. The van der Waals surface area contributed by atoms with E-state index in [9.17, 15) is 44.1 Å².